The first-order valence-corrected chi connectivity index (χ1v) is 4.83. The number of rotatable bonds is 1. The quantitative estimate of drug-likeness (QED) is 0.753. The van der Waals surface area contributed by atoms with Gasteiger partial charge in [-0.2, -0.15) is 0 Å². The number of nitrogens with two attached hydrogens (primary N) is 1. The molecule has 4 nitrogen and oxygen atoms in total. The third-order valence-electron chi connectivity index (χ3n) is 2.20. The van der Waals surface area contributed by atoms with Crippen LogP contribution in [0.2, 0.25) is 5.02 Å². The number of imidazole rings is 1. The predicted octanol–water partition coefficient (Wildman–Crippen LogP) is 2.08. The van der Waals surface area contributed by atoms with Crippen LogP contribution in [0.1, 0.15) is 23.1 Å². The fourth-order valence-electron chi connectivity index (χ4n) is 1.66. The van der Waals surface area contributed by atoms with E-state index in [1.54, 1.807) is 23.6 Å². The molecular formula is C10H10ClN3O. The number of anilines is 1. The van der Waals surface area contributed by atoms with Crippen LogP contribution in [0, 0.1) is 6.92 Å². The van der Waals surface area contributed by atoms with E-state index >= 15 is 0 Å². The van der Waals surface area contributed by atoms with Gasteiger partial charge in [0, 0.05) is 18.8 Å². The van der Waals surface area contributed by atoms with E-state index in [2.05, 4.69) is 4.98 Å². The second kappa shape index (κ2) is 3.24. The number of hydrogen-bond donors (Lipinski definition) is 1. The largest absolute Gasteiger partial charge is 0.397 e. The summed E-state index contributed by atoms with van der Waals surface area (Å²) in [4.78, 5) is 15.6. The molecule has 2 aromatic rings. The third kappa shape index (κ3) is 1.47. The molecule has 0 fully saturated rings. The first kappa shape index (κ1) is 9.98. The van der Waals surface area contributed by atoms with Gasteiger partial charge in [-0.25, -0.2) is 4.98 Å². The number of nitrogens with zero attached hydrogens (tertiary/aromatic N) is 2. The Morgan fingerprint density at radius 3 is 2.87 bits per heavy atom. The third-order valence-corrected chi connectivity index (χ3v) is 2.48. The normalized spacial score (nSPS) is 10.9. The van der Waals surface area contributed by atoms with E-state index in [1.807, 2.05) is 0 Å². The van der Waals surface area contributed by atoms with Crippen LogP contribution >= 0.6 is 11.6 Å². The summed E-state index contributed by atoms with van der Waals surface area (Å²) in [6.07, 6.45) is 1.65. The molecule has 0 aliphatic carbocycles. The highest BCUT2D eigenvalue weighted by atomic mass is 35.5. The van der Waals surface area contributed by atoms with E-state index in [9.17, 15) is 4.79 Å². The van der Waals surface area contributed by atoms with Gasteiger partial charge in [0.25, 0.3) is 0 Å². The average molecular weight is 224 g/mol. The lowest BCUT2D eigenvalue weighted by molar-refractivity contribution is 0.101. The van der Waals surface area contributed by atoms with Gasteiger partial charge in [0.05, 0.1) is 10.7 Å². The second-order valence-corrected chi connectivity index (χ2v) is 3.82. The molecule has 0 aliphatic heterocycles. The fraction of sp³-hybridized carbons (Fsp3) is 0.200. The molecule has 0 amide bonds. The minimum absolute atomic E-state index is 0.0540. The average Bonchev–Trinajstić information content (AvgIpc) is 2.41. The highest BCUT2D eigenvalue weighted by molar-refractivity contribution is 6.33. The van der Waals surface area contributed by atoms with Crippen molar-refractivity contribution in [3.63, 3.8) is 0 Å². The molecular weight excluding hydrogens is 214 g/mol. The maximum Gasteiger partial charge on any atom is 0.178 e. The number of Topliss-reactive ketones (excluding diaryl/α,β-unsaturated/α-hetero) is 1. The van der Waals surface area contributed by atoms with Crippen LogP contribution in [-0.4, -0.2) is 15.2 Å². The molecule has 0 saturated carbocycles. The van der Waals surface area contributed by atoms with Crippen molar-refractivity contribution in [3.05, 3.63) is 28.7 Å². The van der Waals surface area contributed by atoms with Crippen molar-refractivity contribution in [2.45, 2.75) is 13.8 Å². The minimum atomic E-state index is -0.0540. The molecule has 0 atom stereocenters. The Morgan fingerprint density at radius 1 is 1.60 bits per heavy atom. The monoisotopic (exact) mass is 223 g/mol. The number of ketones is 1. The Bertz CT molecular complexity index is 559. The molecule has 2 heterocycles. The van der Waals surface area contributed by atoms with E-state index in [0.717, 1.165) is 0 Å². The summed E-state index contributed by atoms with van der Waals surface area (Å²) in [6, 6.07) is 1.62. The van der Waals surface area contributed by atoms with Crippen LogP contribution in [0.25, 0.3) is 5.65 Å². The SMILES string of the molecule is CC(=O)c1c(C)nc2c(Cl)cc(N)cn12. The Balaban J connectivity index is 2.93. The zero-order valence-corrected chi connectivity index (χ0v) is 9.17. The molecule has 0 radical (unpaired) electrons. The number of carbonyl (C=O) groups excluding carboxylic acids is 1. The smallest absolute Gasteiger partial charge is 0.178 e. The highest BCUT2D eigenvalue weighted by Crippen LogP contribution is 2.23. The van der Waals surface area contributed by atoms with E-state index < -0.39 is 0 Å². The second-order valence-electron chi connectivity index (χ2n) is 3.42. The lowest BCUT2D eigenvalue weighted by atomic mass is 10.2. The summed E-state index contributed by atoms with van der Waals surface area (Å²) in [5.74, 6) is -0.0540. The maximum atomic E-state index is 11.4. The number of hydrogen-bond acceptors (Lipinski definition) is 3. The van der Waals surface area contributed by atoms with Crippen molar-refractivity contribution in [1.82, 2.24) is 9.38 Å². The van der Waals surface area contributed by atoms with Crippen molar-refractivity contribution in [1.29, 1.82) is 0 Å². The van der Waals surface area contributed by atoms with Crippen LogP contribution in [0.5, 0.6) is 0 Å². The van der Waals surface area contributed by atoms with Crippen molar-refractivity contribution < 1.29 is 4.79 Å². The van der Waals surface area contributed by atoms with Crippen molar-refractivity contribution in [2.24, 2.45) is 0 Å². The maximum absolute atomic E-state index is 11.4. The zero-order valence-electron chi connectivity index (χ0n) is 8.41. The van der Waals surface area contributed by atoms with Crippen LogP contribution in [-0.2, 0) is 0 Å². The molecule has 2 aromatic heterocycles. The molecule has 0 aliphatic rings. The van der Waals surface area contributed by atoms with Crippen LogP contribution in [0.4, 0.5) is 5.69 Å². The standard InChI is InChI=1S/C10H10ClN3O/c1-5-9(6(2)15)14-4-7(12)3-8(11)10(14)13-5/h3-4H,12H2,1-2H3. The van der Waals surface area contributed by atoms with Crippen molar-refractivity contribution >= 4 is 28.7 Å². The topological polar surface area (TPSA) is 60.4 Å². The van der Waals surface area contributed by atoms with Gasteiger partial charge < -0.3 is 5.73 Å². The minimum Gasteiger partial charge on any atom is -0.397 e. The van der Waals surface area contributed by atoms with E-state index in [0.29, 0.717) is 27.7 Å². The van der Waals surface area contributed by atoms with Crippen LogP contribution < -0.4 is 5.73 Å². The molecule has 0 saturated heterocycles. The number of aromatic nitrogens is 2. The molecule has 0 unspecified atom stereocenters. The Hall–Kier alpha value is -1.55. The number of halogens is 1. The van der Waals surface area contributed by atoms with E-state index in [-0.39, 0.29) is 5.78 Å². The highest BCUT2D eigenvalue weighted by Gasteiger charge is 2.14. The Labute approximate surface area is 91.7 Å². The van der Waals surface area contributed by atoms with Crippen molar-refractivity contribution in [3.8, 4) is 0 Å². The number of fused-ring (bicyclic) bond motifs is 1. The molecule has 5 heteroatoms. The van der Waals surface area contributed by atoms with Crippen LogP contribution in [0.3, 0.4) is 0 Å². The molecule has 0 bridgehead atoms. The van der Waals surface area contributed by atoms with E-state index in [4.69, 9.17) is 17.3 Å². The molecule has 0 aromatic carbocycles. The first-order chi connectivity index (χ1) is 7.00. The predicted molar refractivity (Wildman–Crippen MR) is 59.4 cm³/mol. The lowest BCUT2D eigenvalue weighted by Gasteiger charge is -2.01. The van der Waals surface area contributed by atoms with Gasteiger partial charge in [-0.15, -0.1) is 0 Å². The lowest BCUT2D eigenvalue weighted by Crippen LogP contribution is -2.01. The molecule has 78 valence electrons. The number of pyridine rings is 1. The van der Waals surface area contributed by atoms with Gasteiger partial charge in [0.2, 0.25) is 0 Å². The summed E-state index contributed by atoms with van der Waals surface area (Å²) in [6.45, 7) is 3.27. The summed E-state index contributed by atoms with van der Waals surface area (Å²) < 4.78 is 1.63. The van der Waals surface area contributed by atoms with Gasteiger partial charge >= 0.3 is 0 Å². The van der Waals surface area contributed by atoms with Gasteiger partial charge in [-0.1, -0.05) is 11.6 Å². The van der Waals surface area contributed by atoms with Gasteiger partial charge in [-0.05, 0) is 13.0 Å². The summed E-state index contributed by atoms with van der Waals surface area (Å²) in [7, 11) is 0. The zero-order chi connectivity index (χ0) is 11.2. The van der Waals surface area contributed by atoms with Gasteiger partial charge in [0.15, 0.2) is 11.4 Å². The molecule has 15 heavy (non-hydrogen) atoms. The van der Waals surface area contributed by atoms with E-state index in [1.165, 1.54) is 6.92 Å². The Kier molecular flexibility index (Phi) is 2.16. The number of carbonyl (C=O) groups is 1. The molecule has 2 N–H and O–H groups in total. The molecule has 0 spiro atoms. The summed E-state index contributed by atoms with van der Waals surface area (Å²) >= 11 is 5.98. The summed E-state index contributed by atoms with van der Waals surface area (Å²) in [5.41, 5.74) is 7.92. The van der Waals surface area contributed by atoms with Crippen molar-refractivity contribution in [2.75, 3.05) is 5.73 Å². The summed E-state index contributed by atoms with van der Waals surface area (Å²) in [5, 5.41) is 0.450. The number of aryl methyl sites for hydroxylation is 1. The van der Waals surface area contributed by atoms with Gasteiger partial charge in [0.1, 0.15) is 5.69 Å². The van der Waals surface area contributed by atoms with Crippen LogP contribution in [0.15, 0.2) is 12.3 Å². The number of nitrogen functional groups attached to an aromatic ring is 1. The fourth-order valence-corrected chi connectivity index (χ4v) is 1.92. The Morgan fingerprint density at radius 2 is 2.27 bits per heavy atom. The first-order valence-electron chi connectivity index (χ1n) is 4.45. The van der Waals surface area contributed by atoms with Gasteiger partial charge in [-0.3, -0.25) is 9.20 Å². The molecule has 2 rings (SSSR count).